The SMILES string of the molecule is Cc1ccc(Cl)cc1Nc1c(N)cnc2ccc(Br)cc12. The summed E-state index contributed by atoms with van der Waals surface area (Å²) in [6.45, 7) is 2.02. The second-order valence-corrected chi connectivity index (χ2v) is 6.19. The number of nitrogens with two attached hydrogens (primary N) is 1. The molecule has 0 aliphatic heterocycles. The predicted octanol–water partition coefficient (Wildman–Crippen LogP) is 5.28. The van der Waals surface area contributed by atoms with Gasteiger partial charge in [-0.1, -0.05) is 33.6 Å². The number of hydrogen-bond donors (Lipinski definition) is 2. The van der Waals surface area contributed by atoms with E-state index in [0.717, 1.165) is 32.3 Å². The van der Waals surface area contributed by atoms with E-state index in [0.29, 0.717) is 10.7 Å². The molecule has 5 heteroatoms. The summed E-state index contributed by atoms with van der Waals surface area (Å²) in [5, 5.41) is 5.02. The highest BCUT2D eigenvalue weighted by atomic mass is 79.9. The van der Waals surface area contributed by atoms with Crippen LogP contribution in [0.1, 0.15) is 5.56 Å². The van der Waals surface area contributed by atoms with Crippen LogP contribution in [0, 0.1) is 6.92 Å². The van der Waals surface area contributed by atoms with Crippen LogP contribution in [0.3, 0.4) is 0 Å². The van der Waals surface area contributed by atoms with E-state index in [9.17, 15) is 0 Å². The maximum Gasteiger partial charge on any atom is 0.0746 e. The van der Waals surface area contributed by atoms with Crippen LogP contribution >= 0.6 is 27.5 Å². The number of nitrogens with one attached hydrogen (secondary N) is 1. The fourth-order valence-corrected chi connectivity index (χ4v) is 2.72. The third-order valence-corrected chi connectivity index (χ3v) is 4.05. The summed E-state index contributed by atoms with van der Waals surface area (Å²) in [5.41, 5.74) is 10.4. The molecule has 0 fully saturated rings. The zero-order valence-electron chi connectivity index (χ0n) is 11.3. The first-order valence-electron chi connectivity index (χ1n) is 6.41. The van der Waals surface area contributed by atoms with E-state index in [2.05, 4.69) is 26.2 Å². The average Bonchev–Trinajstić information content (AvgIpc) is 2.46. The highest BCUT2D eigenvalue weighted by molar-refractivity contribution is 9.10. The second-order valence-electron chi connectivity index (χ2n) is 4.83. The summed E-state index contributed by atoms with van der Waals surface area (Å²) in [6.07, 6.45) is 1.67. The molecule has 0 amide bonds. The number of rotatable bonds is 2. The number of nitrogens with zero attached hydrogens (tertiary/aromatic N) is 1. The number of fused-ring (bicyclic) bond motifs is 1. The van der Waals surface area contributed by atoms with Crippen molar-refractivity contribution in [1.29, 1.82) is 0 Å². The zero-order valence-corrected chi connectivity index (χ0v) is 13.7. The number of nitrogen functional groups attached to an aromatic ring is 1. The topological polar surface area (TPSA) is 50.9 Å². The summed E-state index contributed by atoms with van der Waals surface area (Å²) in [4.78, 5) is 4.35. The smallest absolute Gasteiger partial charge is 0.0746 e. The maximum absolute atomic E-state index is 6.10. The minimum atomic E-state index is 0.597. The van der Waals surface area contributed by atoms with Crippen molar-refractivity contribution >= 4 is 55.5 Å². The van der Waals surface area contributed by atoms with E-state index in [1.165, 1.54) is 0 Å². The van der Waals surface area contributed by atoms with Crippen molar-refractivity contribution in [3.05, 3.63) is 57.7 Å². The molecule has 0 spiro atoms. The van der Waals surface area contributed by atoms with E-state index < -0.39 is 0 Å². The Morgan fingerprint density at radius 3 is 2.81 bits per heavy atom. The Balaban J connectivity index is 2.17. The lowest BCUT2D eigenvalue weighted by Crippen LogP contribution is -2.00. The number of aromatic nitrogens is 1. The molecule has 0 radical (unpaired) electrons. The lowest BCUT2D eigenvalue weighted by atomic mass is 10.1. The fraction of sp³-hybridized carbons (Fsp3) is 0.0625. The Morgan fingerprint density at radius 2 is 2.00 bits per heavy atom. The van der Waals surface area contributed by atoms with Gasteiger partial charge in [-0.3, -0.25) is 4.98 Å². The molecule has 2 aromatic carbocycles. The van der Waals surface area contributed by atoms with Crippen molar-refractivity contribution < 1.29 is 0 Å². The molecule has 1 aromatic heterocycles. The molecule has 0 saturated carbocycles. The Bertz CT molecular complexity index is 828. The normalized spacial score (nSPS) is 10.8. The van der Waals surface area contributed by atoms with Gasteiger partial charge in [0.05, 0.1) is 23.1 Å². The summed E-state index contributed by atoms with van der Waals surface area (Å²) >= 11 is 9.56. The van der Waals surface area contributed by atoms with Gasteiger partial charge in [0.2, 0.25) is 0 Å². The summed E-state index contributed by atoms with van der Waals surface area (Å²) in [7, 11) is 0. The molecule has 1 heterocycles. The van der Waals surface area contributed by atoms with Crippen LogP contribution in [0.5, 0.6) is 0 Å². The number of benzene rings is 2. The summed E-state index contributed by atoms with van der Waals surface area (Å²) in [6, 6.07) is 11.6. The Morgan fingerprint density at radius 1 is 1.19 bits per heavy atom. The van der Waals surface area contributed by atoms with Gasteiger partial charge in [-0.2, -0.15) is 0 Å². The zero-order chi connectivity index (χ0) is 15.0. The van der Waals surface area contributed by atoms with Gasteiger partial charge in [-0.15, -0.1) is 0 Å². The first kappa shape index (κ1) is 14.2. The van der Waals surface area contributed by atoms with Gasteiger partial charge >= 0.3 is 0 Å². The van der Waals surface area contributed by atoms with Crippen molar-refractivity contribution in [2.24, 2.45) is 0 Å². The van der Waals surface area contributed by atoms with Crippen molar-refractivity contribution in [3.8, 4) is 0 Å². The van der Waals surface area contributed by atoms with Crippen molar-refractivity contribution in [3.63, 3.8) is 0 Å². The molecule has 0 atom stereocenters. The molecular weight excluding hydrogens is 350 g/mol. The molecule has 106 valence electrons. The van der Waals surface area contributed by atoms with Gasteiger partial charge in [0.1, 0.15) is 0 Å². The number of halogens is 2. The van der Waals surface area contributed by atoms with Crippen molar-refractivity contribution in [2.45, 2.75) is 6.92 Å². The first-order chi connectivity index (χ1) is 10.0. The van der Waals surface area contributed by atoms with Crippen molar-refractivity contribution in [2.75, 3.05) is 11.1 Å². The van der Waals surface area contributed by atoms with Crippen LogP contribution in [0.15, 0.2) is 47.1 Å². The highest BCUT2D eigenvalue weighted by Gasteiger charge is 2.09. The van der Waals surface area contributed by atoms with Gasteiger partial charge in [0.25, 0.3) is 0 Å². The van der Waals surface area contributed by atoms with E-state index >= 15 is 0 Å². The number of anilines is 3. The van der Waals surface area contributed by atoms with E-state index in [1.807, 2.05) is 43.3 Å². The van der Waals surface area contributed by atoms with Crippen LogP contribution in [0.4, 0.5) is 17.1 Å². The van der Waals surface area contributed by atoms with Gasteiger partial charge in [0.15, 0.2) is 0 Å². The summed E-state index contributed by atoms with van der Waals surface area (Å²) < 4.78 is 0.980. The number of pyridine rings is 1. The molecule has 3 aromatic rings. The van der Waals surface area contributed by atoms with Crippen LogP contribution in [0.25, 0.3) is 10.9 Å². The molecule has 0 saturated heterocycles. The van der Waals surface area contributed by atoms with E-state index in [4.69, 9.17) is 17.3 Å². The minimum Gasteiger partial charge on any atom is -0.396 e. The third kappa shape index (κ3) is 2.82. The van der Waals surface area contributed by atoms with Crippen LogP contribution in [-0.2, 0) is 0 Å². The Kier molecular flexibility index (Phi) is 3.74. The second kappa shape index (κ2) is 5.54. The van der Waals surface area contributed by atoms with Crippen LogP contribution in [-0.4, -0.2) is 4.98 Å². The third-order valence-electron chi connectivity index (χ3n) is 3.32. The largest absolute Gasteiger partial charge is 0.396 e. The molecule has 3 nitrogen and oxygen atoms in total. The molecular formula is C16H13BrClN3. The molecule has 0 bridgehead atoms. The van der Waals surface area contributed by atoms with Crippen LogP contribution in [0.2, 0.25) is 5.02 Å². The first-order valence-corrected chi connectivity index (χ1v) is 7.58. The quantitative estimate of drug-likeness (QED) is 0.651. The lowest BCUT2D eigenvalue weighted by Gasteiger charge is -2.14. The predicted molar refractivity (Wildman–Crippen MR) is 93.3 cm³/mol. The molecule has 0 aliphatic carbocycles. The standard InChI is InChI=1S/C16H13BrClN3/c1-9-2-4-11(18)7-15(9)21-16-12-6-10(17)3-5-14(12)20-8-13(16)19/h2-8H,19H2,1H3,(H,20,21). The molecule has 3 N–H and O–H groups in total. The summed E-state index contributed by atoms with van der Waals surface area (Å²) in [5.74, 6) is 0. The Labute approximate surface area is 136 Å². The number of aryl methyl sites for hydroxylation is 1. The molecule has 0 aliphatic rings. The van der Waals surface area contributed by atoms with Gasteiger partial charge in [-0.05, 0) is 42.8 Å². The van der Waals surface area contributed by atoms with Gasteiger partial charge in [0, 0.05) is 20.6 Å². The fourth-order valence-electron chi connectivity index (χ4n) is 2.18. The number of hydrogen-bond acceptors (Lipinski definition) is 3. The van der Waals surface area contributed by atoms with E-state index in [1.54, 1.807) is 6.20 Å². The molecule has 3 rings (SSSR count). The van der Waals surface area contributed by atoms with E-state index in [-0.39, 0.29) is 0 Å². The van der Waals surface area contributed by atoms with Gasteiger partial charge < -0.3 is 11.1 Å². The minimum absolute atomic E-state index is 0.597. The average molecular weight is 363 g/mol. The highest BCUT2D eigenvalue weighted by Crippen LogP contribution is 2.34. The van der Waals surface area contributed by atoms with Crippen LogP contribution < -0.4 is 11.1 Å². The van der Waals surface area contributed by atoms with Gasteiger partial charge in [-0.25, -0.2) is 0 Å². The lowest BCUT2D eigenvalue weighted by molar-refractivity contribution is 1.39. The monoisotopic (exact) mass is 361 g/mol. The van der Waals surface area contributed by atoms with Crippen molar-refractivity contribution in [1.82, 2.24) is 4.98 Å². The Hall–Kier alpha value is -1.78. The molecule has 21 heavy (non-hydrogen) atoms. The maximum atomic E-state index is 6.10. The molecule has 0 unspecified atom stereocenters.